The van der Waals surface area contributed by atoms with E-state index in [9.17, 15) is 15.0 Å². The molecule has 2 aliphatic heterocycles. The van der Waals surface area contributed by atoms with Gasteiger partial charge in [-0.3, -0.25) is 4.90 Å². The molecule has 63 heavy (non-hydrogen) atoms. The molecule has 7 rings (SSSR count). The summed E-state index contributed by atoms with van der Waals surface area (Å²) in [4.78, 5) is 22.5. The first-order valence-electron chi connectivity index (χ1n) is 22.3. The van der Waals surface area contributed by atoms with E-state index in [1.807, 2.05) is 67.6 Å². The van der Waals surface area contributed by atoms with Crippen LogP contribution in [0.1, 0.15) is 74.5 Å². The van der Waals surface area contributed by atoms with E-state index >= 15 is 0 Å². The smallest absolute Gasteiger partial charge is 0.410 e. The molecule has 0 unspecified atom stereocenters. The molecule has 2 aliphatic carbocycles. The van der Waals surface area contributed by atoms with E-state index in [0.717, 1.165) is 47.9 Å². The zero-order chi connectivity index (χ0) is 44.0. The van der Waals surface area contributed by atoms with E-state index in [2.05, 4.69) is 25.3 Å². The van der Waals surface area contributed by atoms with Crippen molar-refractivity contribution in [3.8, 4) is 23.0 Å². The SMILES string of the molecule is C=CCOc1ccc2c(c1)[C@H]1[C@H](CCCCO)[C@@H](CCCCO)C=C3C(=NOCC)C[C@H](N(Cc4ccc5c(c4)OCO5)C(=O)OCCOCc4ccccc4)[C@@](OCC=C)(O2)[C@H]31. The van der Waals surface area contributed by atoms with Gasteiger partial charge in [0.05, 0.1) is 31.5 Å². The third-order valence-electron chi connectivity index (χ3n) is 12.3. The number of amides is 1. The molecule has 6 atom stereocenters. The molecule has 0 spiro atoms. The lowest BCUT2D eigenvalue weighted by atomic mass is 9.55. The van der Waals surface area contributed by atoms with Crippen molar-refractivity contribution in [1.82, 2.24) is 4.90 Å². The molecule has 2 heterocycles. The summed E-state index contributed by atoms with van der Waals surface area (Å²) in [6, 6.07) is 20.5. The van der Waals surface area contributed by atoms with Crippen LogP contribution in [0, 0.1) is 17.8 Å². The van der Waals surface area contributed by atoms with Crippen LogP contribution in [0.4, 0.5) is 4.79 Å². The first kappa shape index (κ1) is 45.7. The van der Waals surface area contributed by atoms with Gasteiger partial charge in [0.15, 0.2) is 11.5 Å². The van der Waals surface area contributed by atoms with Gasteiger partial charge in [-0.2, -0.15) is 0 Å². The fourth-order valence-corrected chi connectivity index (χ4v) is 9.61. The highest BCUT2D eigenvalue weighted by atomic mass is 16.7. The number of allylic oxidation sites excluding steroid dienone is 1. The van der Waals surface area contributed by atoms with E-state index in [-0.39, 0.29) is 70.5 Å². The Kier molecular flexibility index (Phi) is 16.2. The van der Waals surface area contributed by atoms with Crippen LogP contribution in [0.15, 0.2) is 109 Å². The third kappa shape index (κ3) is 10.6. The lowest BCUT2D eigenvalue weighted by molar-refractivity contribution is -0.256. The number of rotatable bonds is 24. The molecule has 0 bridgehead atoms. The number of benzene rings is 3. The van der Waals surface area contributed by atoms with E-state index in [1.54, 1.807) is 17.1 Å². The molecule has 13 heteroatoms. The van der Waals surface area contributed by atoms with Crippen molar-refractivity contribution in [3.63, 3.8) is 0 Å². The first-order valence-corrected chi connectivity index (χ1v) is 22.3. The van der Waals surface area contributed by atoms with Crippen molar-refractivity contribution in [2.24, 2.45) is 22.9 Å². The van der Waals surface area contributed by atoms with Crippen molar-refractivity contribution in [2.45, 2.75) is 82.8 Å². The second-order valence-corrected chi connectivity index (χ2v) is 16.3. The number of fused-ring (bicyclic) bond motifs is 3. The maximum atomic E-state index is 14.9. The number of aliphatic hydroxyl groups is 2. The highest BCUT2D eigenvalue weighted by Gasteiger charge is 2.65. The third-order valence-corrected chi connectivity index (χ3v) is 12.3. The number of hydrogen-bond acceptors (Lipinski definition) is 12. The van der Waals surface area contributed by atoms with Gasteiger partial charge in [-0.1, -0.05) is 79.2 Å². The lowest BCUT2D eigenvalue weighted by Crippen LogP contribution is -2.70. The summed E-state index contributed by atoms with van der Waals surface area (Å²) in [5, 5.41) is 24.6. The zero-order valence-corrected chi connectivity index (χ0v) is 36.4. The van der Waals surface area contributed by atoms with Gasteiger partial charge >= 0.3 is 6.09 Å². The second-order valence-electron chi connectivity index (χ2n) is 16.3. The highest BCUT2D eigenvalue weighted by molar-refractivity contribution is 6.03. The Morgan fingerprint density at radius 1 is 0.905 bits per heavy atom. The summed E-state index contributed by atoms with van der Waals surface area (Å²) >= 11 is 0. The fourth-order valence-electron chi connectivity index (χ4n) is 9.61. The summed E-state index contributed by atoms with van der Waals surface area (Å²) in [5.41, 5.74) is 4.39. The van der Waals surface area contributed by atoms with Crippen LogP contribution in [-0.2, 0) is 32.2 Å². The maximum absolute atomic E-state index is 14.9. The number of ether oxygens (including phenoxy) is 7. The molecular weight excluding hydrogens is 805 g/mol. The predicted molar refractivity (Wildman–Crippen MR) is 238 cm³/mol. The quantitative estimate of drug-likeness (QED) is 0.0508. The van der Waals surface area contributed by atoms with Crippen LogP contribution < -0.4 is 18.9 Å². The van der Waals surface area contributed by atoms with Gasteiger partial charge in [-0.05, 0) is 91.5 Å². The molecule has 2 N–H and O–H groups in total. The molecule has 3 aromatic carbocycles. The number of carbonyl (C=O) groups excluding carboxylic acids is 1. The van der Waals surface area contributed by atoms with Gasteiger partial charge in [0.1, 0.15) is 37.4 Å². The lowest BCUT2D eigenvalue weighted by Gasteiger charge is -2.59. The molecule has 4 aliphatic rings. The van der Waals surface area contributed by atoms with Crippen molar-refractivity contribution < 1.29 is 53.0 Å². The Morgan fingerprint density at radius 2 is 1.68 bits per heavy atom. The summed E-state index contributed by atoms with van der Waals surface area (Å²) in [6.07, 6.45) is 9.96. The molecule has 13 nitrogen and oxygen atoms in total. The van der Waals surface area contributed by atoms with E-state index < -0.39 is 23.8 Å². The maximum Gasteiger partial charge on any atom is 0.410 e. The number of unbranched alkanes of at least 4 members (excludes halogenated alkanes) is 2. The molecule has 3 aromatic rings. The average Bonchev–Trinajstić information content (AvgIpc) is 3.78. The van der Waals surface area contributed by atoms with Crippen molar-refractivity contribution in [1.29, 1.82) is 0 Å². The minimum atomic E-state index is -1.48. The average molecular weight is 867 g/mol. The summed E-state index contributed by atoms with van der Waals surface area (Å²) in [7, 11) is 0. The van der Waals surface area contributed by atoms with Crippen LogP contribution in [0.5, 0.6) is 23.0 Å². The number of nitrogens with zero attached hydrogens (tertiary/aromatic N) is 2. The Labute approximate surface area is 370 Å². The number of hydrogen-bond donors (Lipinski definition) is 2. The van der Waals surface area contributed by atoms with Crippen molar-refractivity contribution >= 4 is 11.8 Å². The van der Waals surface area contributed by atoms with Gasteiger partial charge in [0.2, 0.25) is 12.6 Å². The molecule has 0 radical (unpaired) electrons. The first-order chi connectivity index (χ1) is 30.9. The number of carbonyl (C=O) groups is 1. The number of aliphatic hydroxyl groups excluding tert-OH is 2. The standard InChI is InChI=1S/C50H62N2O11/c1-4-24-57-38-19-21-43-41(30-38)47-39(17-11-13-23-54)37(16-10-12-22-53)29-40-42(51-62-6-3)31-46(50(63-43,48(40)47)61-25-5-2)52(32-36-18-20-44-45(28-36)60-34-59-44)49(55)58-27-26-56-33-35-14-8-7-9-15-35/h4-5,7-9,14-15,18-21,28-30,37,39,46-48,53-54H,1-2,6,10-13,16-17,22-27,31-34H2,3H3/t37-,39+,46-,47+,48+,50+/m0/s1. The van der Waals surface area contributed by atoms with Crippen LogP contribution in [-0.4, -0.2) is 91.8 Å². The predicted octanol–water partition coefficient (Wildman–Crippen LogP) is 8.49. The molecule has 0 saturated heterocycles. The van der Waals surface area contributed by atoms with Crippen LogP contribution in [0.2, 0.25) is 0 Å². The molecule has 338 valence electrons. The van der Waals surface area contributed by atoms with Gasteiger partial charge in [-0.25, -0.2) is 4.79 Å². The molecule has 1 saturated carbocycles. The summed E-state index contributed by atoms with van der Waals surface area (Å²) < 4.78 is 44.0. The summed E-state index contributed by atoms with van der Waals surface area (Å²) in [5.74, 6) is 0.464. The largest absolute Gasteiger partial charge is 0.490 e. The van der Waals surface area contributed by atoms with E-state index in [4.69, 9.17) is 43.2 Å². The molecule has 1 fully saturated rings. The molecule has 1 amide bonds. The highest BCUT2D eigenvalue weighted by Crippen LogP contribution is 2.62. The molecule has 0 aromatic heterocycles. The topological polar surface area (TPSA) is 147 Å². The van der Waals surface area contributed by atoms with E-state index in [0.29, 0.717) is 61.4 Å². The van der Waals surface area contributed by atoms with Crippen LogP contribution >= 0.6 is 0 Å². The van der Waals surface area contributed by atoms with Crippen molar-refractivity contribution in [2.75, 3.05) is 53.0 Å². The summed E-state index contributed by atoms with van der Waals surface area (Å²) in [6.45, 7) is 11.6. The van der Waals surface area contributed by atoms with Gasteiger partial charge in [0, 0.05) is 37.7 Å². The minimum absolute atomic E-state index is 0.00721. The molecular formula is C50H62N2O11. The normalized spacial score (nSPS) is 23.4. The van der Waals surface area contributed by atoms with Gasteiger partial charge in [-0.15, -0.1) is 6.58 Å². The monoisotopic (exact) mass is 866 g/mol. The van der Waals surface area contributed by atoms with Gasteiger partial charge < -0.3 is 48.2 Å². The van der Waals surface area contributed by atoms with Gasteiger partial charge in [0.25, 0.3) is 0 Å². The van der Waals surface area contributed by atoms with Crippen LogP contribution in [0.3, 0.4) is 0 Å². The van der Waals surface area contributed by atoms with Crippen LogP contribution in [0.25, 0.3) is 0 Å². The Bertz CT molecular complexity index is 2060. The Morgan fingerprint density at radius 3 is 2.46 bits per heavy atom. The Hall–Kier alpha value is -5.34. The fraction of sp³-hybridized carbons (Fsp3) is 0.480. The number of oxime groups is 1. The van der Waals surface area contributed by atoms with E-state index in [1.165, 1.54) is 0 Å². The zero-order valence-electron chi connectivity index (χ0n) is 36.4. The Balaban J connectivity index is 1.36. The van der Waals surface area contributed by atoms with Crippen molar-refractivity contribution in [3.05, 3.63) is 120 Å². The second kappa shape index (κ2) is 22.3. The minimum Gasteiger partial charge on any atom is -0.490 e.